The molecule has 1 aliphatic carbocycles. The van der Waals surface area contributed by atoms with Crippen LogP contribution in [0.2, 0.25) is 0 Å². The molecule has 0 unspecified atom stereocenters. The molecule has 1 heterocycles. The van der Waals surface area contributed by atoms with Crippen LogP contribution in [0.5, 0.6) is 0 Å². The van der Waals surface area contributed by atoms with Gasteiger partial charge in [0.1, 0.15) is 6.54 Å². The van der Waals surface area contributed by atoms with Crippen LogP contribution in [0, 0.1) is 0 Å². The van der Waals surface area contributed by atoms with Crippen LogP contribution in [-0.4, -0.2) is 21.7 Å². The van der Waals surface area contributed by atoms with Gasteiger partial charge in [0.25, 0.3) is 0 Å². The van der Waals surface area contributed by atoms with E-state index < -0.39 is 0 Å². The topological polar surface area (TPSA) is 46.9 Å². The third-order valence-electron chi connectivity index (χ3n) is 4.02. The molecule has 0 spiro atoms. The molecule has 0 radical (unpaired) electrons. The second-order valence-corrected chi connectivity index (χ2v) is 5.70. The van der Waals surface area contributed by atoms with E-state index in [2.05, 4.69) is 10.4 Å². The zero-order valence-corrected chi connectivity index (χ0v) is 12.2. The number of aromatic nitrogens is 2. The highest BCUT2D eigenvalue weighted by molar-refractivity contribution is 5.76. The molecule has 3 rings (SSSR count). The zero-order valence-electron chi connectivity index (χ0n) is 12.2. The van der Waals surface area contributed by atoms with Crippen molar-refractivity contribution in [2.75, 3.05) is 0 Å². The summed E-state index contributed by atoms with van der Waals surface area (Å²) in [6.07, 6.45) is 9.71. The molecule has 4 nitrogen and oxygen atoms in total. The number of nitrogens with zero attached hydrogens (tertiary/aromatic N) is 2. The van der Waals surface area contributed by atoms with E-state index in [4.69, 9.17) is 0 Å². The first-order valence-corrected chi connectivity index (χ1v) is 7.68. The molecule has 1 amide bonds. The van der Waals surface area contributed by atoms with Crippen LogP contribution in [0.4, 0.5) is 0 Å². The van der Waals surface area contributed by atoms with Crippen molar-refractivity contribution >= 4 is 5.91 Å². The van der Waals surface area contributed by atoms with Crippen LogP contribution in [0.1, 0.15) is 32.1 Å². The standard InChI is InChI=1S/C17H21N3O/c21-17(19-16-9-5-2-6-10-16)13-20-12-15(11-18-20)14-7-3-1-4-8-14/h1,3-4,7-8,11-12,16H,2,5-6,9-10,13H2,(H,19,21). The van der Waals surface area contributed by atoms with Gasteiger partial charge in [0, 0.05) is 17.8 Å². The number of amides is 1. The maximum Gasteiger partial charge on any atom is 0.241 e. The Hall–Kier alpha value is -2.10. The highest BCUT2D eigenvalue weighted by Crippen LogP contribution is 2.18. The van der Waals surface area contributed by atoms with Crippen molar-refractivity contribution in [3.63, 3.8) is 0 Å². The van der Waals surface area contributed by atoms with Gasteiger partial charge in [-0.25, -0.2) is 0 Å². The van der Waals surface area contributed by atoms with Crippen molar-refractivity contribution < 1.29 is 4.79 Å². The Kier molecular flexibility index (Phi) is 4.34. The van der Waals surface area contributed by atoms with Crippen molar-refractivity contribution in [1.82, 2.24) is 15.1 Å². The van der Waals surface area contributed by atoms with Crippen molar-refractivity contribution in [2.24, 2.45) is 0 Å². The van der Waals surface area contributed by atoms with Crippen LogP contribution < -0.4 is 5.32 Å². The molecule has 1 N–H and O–H groups in total. The van der Waals surface area contributed by atoms with Gasteiger partial charge >= 0.3 is 0 Å². The molecule has 0 atom stereocenters. The summed E-state index contributed by atoms with van der Waals surface area (Å²) in [5, 5.41) is 7.40. The summed E-state index contributed by atoms with van der Waals surface area (Å²) in [6.45, 7) is 0.295. The number of hydrogen-bond donors (Lipinski definition) is 1. The third kappa shape index (κ3) is 3.72. The molecular weight excluding hydrogens is 262 g/mol. The molecule has 1 saturated carbocycles. The Bertz CT molecular complexity index is 585. The number of benzene rings is 1. The molecule has 0 saturated heterocycles. The highest BCUT2D eigenvalue weighted by Gasteiger charge is 2.16. The minimum absolute atomic E-state index is 0.0598. The lowest BCUT2D eigenvalue weighted by atomic mass is 9.95. The SMILES string of the molecule is O=C(Cn1cc(-c2ccccc2)cn1)NC1CCCCC1. The van der Waals surface area contributed by atoms with Gasteiger partial charge in [-0.2, -0.15) is 5.10 Å². The minimum atomic E-state index is 0.0598. The van der Waals surface area contributed by atoms with Gasteiger partial charge in [-0.05, 0) is 18.4 Å². The second kappa shape index (κ2) is 6.57. The van der Waals surface area contributed by atoms with Crippen molar-refractivity contribution in [2.45, 2.75) is 44.7 Å². The number of nitrogens with one attached hydrogen (secondary N) is 1. The van der Waals surface area contributed by atoms with Gasteiger partial charge in [0.15, 0.2) is 0 Å². The van der Waals surface area contributed by atoms with Gasteiger partial charge in [-0.3, -0.25) is 9.48 Å². The minimum Gasteiger partial charge on any atom is -0.352 e. The number of rotatable bonds is 4. The maximum absolute atomic E-state index is 12.1. The lowest BCUT2D eigenvalue weighted by Crippen LogP contribution is -2.38. The fourth-order valence-electron chi connectivity index (χ4n) is 2.90. The summed E-state index contributed by atoms with van der Waals surface area (Å²) in [7, 11) is 0. The summed E-state index contributed by atoms with van der Waals surface area (Å²) >= 11 is 0. The van der Waals surface area contributed by atoms with Gasteiger partial charge in [-0.1, -0.05) is 49.6 Å². The summed E-state index contributed by atoms with van der Waals surface area (Å²) < 4.78 is 1.71. The van der Waals surface area contributed by atoms with Crippen molar-refractivity contribution in [3.8, 4) is 11.1 Å². The van der Waals surface area contributed by atoms with Crippen LogP contribution in [0.15, 0.2) is 42.7 Å². The summed E-state index contributed by atoms with van der Waals surface area (Å²) in [6, 6.07) is 10.4. The van der Waals surface area contributed by atoms with E-state index in [0.29, 0.717) is 12.6 Å². The molecule has 2 aromatic rings. The van der Waals surface area contributed by atoms with E-state index in [0.717, 1.165) is 24.0 Å². The van der Waals surface area contributed by atoms with E-state index >= 15 is 0 Å². The van der Waals surface area contributed by atoms with Gasteiger partial charge in [-0.15, -0.1) is 0 Å². The maximum atomic E-state index is 12.1. The first-order valence-electron chi connectivity index (χ1n) is 7.68. The number of carbonyl (C=O) groups excluding carboxylic acids is 1. The third-order valence-corrected chi connectivity index (χ3v) is 4.02. The fourth-order valence-corrected chi connectivity index (χ4v) is 2.90. The molecule has 1 aliphatic rings. The van der Waals surface area contributed by atoms with E-state index in [1.54, 1.807) is 4.68 Å². The zero-order chi connectivity index (χ0) is 14.5. The smallest absolute Gasteiger partial charge is 0.241 e. The fraction of sp³-hybridized carbons (Fsp3) is 0.412. The average Bonchev–Trinajstić information content (AvgIpc) is 2.97. The molecular formula is C17H21N3O. The second-order valence-electron chi connectivity index (χ2n) is 5.70. The first kappa shape index (κ1) is 13.9. The Morgan fingerprint density at radius 3 is 2.67 bits per heavy atom. The normalized spacial score (nSPS) is 15.8. The van der Waals surface area contributed by atoms with E-state index in [1.807, 2.05) is 42.7 Å². The van der Waals surface area contributed by atoms with Crippen LogP contribution in [-0.2, 0) is 11.3 Å². The number of hydrogen-bond acceptors (Lipinski definition) is 2. The van der Waals surface area contributed by atoms with E-state index in [9.17, 15) is 4.79 Å². The van der Waals surface area contributed by atoms with Crippen LogP contribution in [0.25, 0.3) is 11.1 Å². The Balaban J connectivity index is 1.58. The monoisotopic (exact) mass is 283 g/mol. The highest BCUT2D eigenvalue weighted by atomic mass is 16.2. The van der Waals surface area contributed by atoms with E-state index in [-0.39, 0.29) is 5.91 Å². The summed E-state index contributed by atoms with van der Waals surface area (Å²) in [4.78, 5) is 12.1. The van der Waals surface area contributed by atoms with Gasteiger partial charge in [0.05, 0.1) is 6.20 Å². The molecule has 4 heteroatoms. The largest absolute Gasteiger partial charge is 0.352 e. The van der Waals surface area contributed by atoms with Crippen LogP contribution >= 0.6 is 0 Å². The summed E-state index contributed by atoms with van der Waals surface area (Å²) in [5.41, 5.74) is 2.16. The molecule has 1 aromatic heterocycles. The molecule has 1 aromatic carbocycles. The lowest BCUT2D eigenvalue weighted by Gasteiger charge is -2.22. The Morgan fingerprint density at radius 1 is 1.14 bits per heavy atom. The Morgan fingerprint density at radius 2 is 1.90 bits per heavy atom. The molecule has 1 fully saturated rings. The molecule has 21 heavy (non-hydrogen) atoms. The molecule has 0 aliphatic heterocycles. The average molecular weight is 283 g/mol. The van der Waals surface area contributed by atoms with Crippen molar-refractivity contribution in [3.05, 3.63) is 42.7 Å². The Labute approximate surface area is 125 Å². The summed E-state index contributed by atoms with van der Waals surface area (Å²) in [5.74, 6) is 0.0598. The van der Waals surface area contributed by atoms with Gasteiger partial charge < -0.3 is 5.32 Å². The first-order chi connectivity index (χ1) is 10.3. The van der Waals surface area contributed by atoms with E-state index in [1.165, 1.54) is 19.3 Å². The molecule has 0 bridgehead atoms. The lowest BCUT2D eigenvalue weighted by molar-refractivity contribution is -0.122. The predicted molar refractivity (Wildman–Crippen MR) is 82.7 cm³/mol. The van der Waals surface area contributed by atoms with Crippen molar-refractivity contribution in [1.29, 1.82) is 0 Å². The quantitative estimate of drug-likeness (QED) is 0.937. The number of carbonyl (C=O) groups is 1. The molecule has 110 valence electrons. The van der Waals surface area contributed by atoms with Gasteiger partial charge in [0.2, 0.25) is 5.91 Å². The predicted octanol–water partition coefficient (Wildman–Crippen LogP) is 3.00. The van der Waals surface area contributed by atoms with Crippen LogP contribution in [0.3, 0.4) is 0 Å².